The van der Waals surface area contributed by atoms with Crippen LogP contribution in [0.3, 0.4) is 0 Å². The van der Waals surface area contributed by atoms with Crippen LogP contribution in [0.2, 0.25) is 0 Å². The number of pyridine rings is 1. The van der Waals surface area contributed by atoms with Gasteiger partial charge in [-0.25, -0.2) is 0 Å². The highest BCUT2D eigenvalue weighted by molar-refractivity contribution is 5.70. The van der Waals surface area contributed by atoms with Crippen LogP contribution in [0.4, 0.5) is 0 Å². The Bertz CT molecular complexity index is 566. The molecule has 16 heavy (non-hydrogen) atoms. The highest BCUT2D eigenvalue weighted by atomic mass is 16.3. The van der Waals surface area contributed by atoms with Crippen LogP contribution >= 0.6 is 0 Å². The molecule has 0 fully saturated rings. The Morgan fingerprint density at radius 1 is 1.38 bits per heavy atom. The van der Waals surface area contributed by atoms with Gasteiger partial charge < -0.3 is 8.98 Å². The summed E-state index contributed by atoms with van der Waals surface area (Å²) in [5.74, 6) is 0.864. The van der Waals surface area contributed by atoms with Crippen LogP contribution < -0.4 is 5.56 Å². The first-order valence-corrected chi connectivity index (χ1v) is 4.90. The summed E-state index contributed by atoms with van der Waals surface area (Å²) in [5.41, 5.74) is 0.846. The Morgan fingerprint density at radius 2 is 2.19 bits per heavy atom. The zero-order valence-corrected chi connectivity index (χ0v) is 8.84. The molecule has 0 N–H and O–H groups in total. The van der Waals surface area contributed by atoms with Crippen LogP contribution in [0.1, 0.15) is 21.9 Å². The zero-order chi connectivity index (χ0) is 11.5. The van der Waals surface area contributed by atoms with Gasteiger partial charge >= 0.3 is 0 Å². The van der Waals surface area contributed by atoms with Gasteiger partial charge in [-0.15, -0.1) is 0 Å². The number of hydrogen-bond acceptors (Lipinski definition) is 3. The maximum Gasteiger partial charge on any atom is 0.251 e. The van der Waals surface area contributed by atoms with Crippen molar-refractivity contribution in [2.45, 2.75) is 13.5 Å². The van der Waals surface area contributed by atoms with E-state index in [0.29, 0.717) is 18.6 Å². The lowest BCUT2D eigenvalue weighted by Crippen LogP contribution is -2.18. The second kappa shape index (κ2) is 4.18. The molecule has 0 spiro atoms. The predicted octanol–water partition coefficient (Wildman–Crippen LogP) is 1.61. The lowest BCUT2D eigenvalue weighted by atomic mass is 10.3. The number of carbonyl (C=O) groups excluding carboxylic acids is 1. The van der Waals surface area contributed by atoms with Crippen LogP contribution in [0, 0.1) is 6.92 Å². The molecule has 0 aliphatic rings. The molecule has 0 aliphatic heterocycles. The van der Waals surface area contributed by atoms with Gasteiger partial charge in [-0.3, -0.25) is 9.59 Å². The molecule has 4 heteroatoms. The van der Waals surface area contributed by atoms with Crippen molar-refractivity contribution in [2.24, 2.45) is 0 Å². The van der Waals surface area contributed by atoms with Crippen molar-refractivity contribution in [3.63, 3.8) is 0 Å². The maximum absolute atomic E-state index is 11.6. The maximum atomic E-state index is 11.6. The fourth-order valence-electron chi connectivity index (χ4n) is 1.45. The third-order valence-corrected chi connectivity index (χ3v) is 2.28. The van der Waals surface area contributed by atoms with Crippen molar-refractivity contribution in [3.8, 4) is 0 Å². The molecule has 0 aliphatic carbocycles. The van der Waals surface area contributed by atoms with Gasteiger partial charge in [0.2, 0.25) is 0 Å². The lowest BCUT2D eigenvalue weighted by molar-refractivity contribution is 0.109. The molecule has 2 heterocycles. The summed E-state index contributed by atoms with van der Waals surface area (Å²) < 4.78 is 6.72. The molecule has 0 saturated heterocycles. The summed E-state index contributed by atoms with van der Waals surface area (Å²) >= 11 is 0. The largest absolute Gasteiger partial charge is 0.456 e. The third-order valence-electron chi connectivity index (χ3n) is 2.28. The quantitative estimate of drug-likeness (QED) is 0.734. The first-order chi connectivity index (χ1) is 7.69. The Hall–Kier alpha value is -2.10. The molecular weight excluding hydrogens is 206 g/mol. The molecule has 0 atom stereocenters. The summed E-state index contributed by atoms with van der Waals surface area (Å²) in [5, 5.41) is 0. The van der Waals surface area contributed by atoms with E-state index in [1.54, 1.807) is 24.4 Å². The van der Waals surface area contributed by atoms with Crippen LogP contribution in [0.15, 0.2) is 39.7 Å². The van der Waals surface area contributed by atoms with E-state index >= 15 is 0 Å². The van der Waals surface area contributed by atoms with Gasteiger partial charge in [-0.1, -0.05) is 0 Å². The fraction of sp³-hybridized carbons (Fsp3) is 0.167. The summed E-state index contributed by atoms with van der Waals surface area (Å²) in [7, 11) is 0. The van der Waals surface area contributed by atoms with E-state index in [4.69, 9.17) is 4.42 Å². The smallest absolute Gasteiger partial charge is 0.251 e. The average molecular weight is 217 g/mol. The topological polar surface area (TPSA) is 52.2 Å². The van der Waals surface area contributed by atoms with Gasteiger partial charge in [0.1, 0.15) is 5.76 Å². The number of nitrogens with zero attached hydrogens (tertiary/aromatic N) is 1. The minimum Gasteiger partial charge on any atom is -0.456 e. The first-order valence-electron chi connectivity index (χ1n) is 4.90. The number of aldehydes is 1. The number of carbonyl (C=O) groups is 1. The van der Waals surface area contributed by atoms with Crippen LogP contribution in [-0.4, -0.2) is 10.9 Å². The Balaban J connectivity index is 2.26. The third kappa shape index (κ3) is 2.11. The van der Waals surface area contributed by atoms with Crippen LogP contribution in [0.25, 0.3) is 0 Å². The molecule has 4 nitrogen and oxygen atoms in total. The van der Waals surface area contributed by atoms with Crippen molar-refractivity contribution >= 4 is 6.29 Å². The molecule has 0 saturated carbocycles. The molecule has 0 unspecified atom stereocenters. The Labute approximate surface area is 92.1 Å². The molecule has 0 bridgehead atoms. The molecular formula is C12H11NO3. The number of aryl methyl sites for hydroxylation is 1. The van der Waals surface area contributed by atoms with E-state index < -0.39 is 0 Å². The molecule has 2 rings (SSSR count). The minimum atomic E-state index is -0.0796. The van der Waals surface area contributed by atoms with Crippen molar-refractivity contribution in [1.29, 1.82) is 0 Å². The lowest BCUT2D eigenvalue weighted by Gasteiger charge is -2.02. The van der Waals surface area contributed by atoms with Gasteiger partial charge in [0, 0.05) is 12.3 Å². The summed E-state index contributed by atoms with van der Waals surface area (Å²) in [6, 6.07) is 6.69. The van der Waals surface area contributed by atoms with Gasteiger partial charge in [0.25, 0.3) is 5.56 Å². The molecule has 2 aromatic heterocycles. The predicted molar refractivity (Wildman–Crippen MR) is 58.6 cm³/mol. The summed E-state index contributed by atoms with van der Waals surface area (Å²) in [6.45, 7) is 2.20. The zero-order valence-electron chi connectivity index (χ0n) is 8.84. The van der Waals surface area contributed by atoms with Crippen molar-refractivity contribution < 1.29 is 9.21 Å². The second-order valence-electron chi connectivity index (χ2n) is 3.59. The number of aromatic nitrogens is 1. The van der Waals surface area contributed by atoms with Crippen LogP contribution in [0.5, 0.6) is 0 Å². The van der Waals surface area contributed by atoms with Crippen molar-refractivity contribution in [1.82, 2.24) is 4.57 Å². The fourth-order valence-corrected chi connectivity index (χ4v) is 1.45. The Morgan fingerprint density at radius 3 is 2.81 bits per heavy atom. The van der Waals surface area contributed by atoms with Gasteiger partial charge in [0.15, 0.2) is 12.0 Å². The molecule has 0 amide bonds. The van der Waals surface area contributed by atoms with Crippen molar-refractivity contribution in [3.05, 3.63) is 57.9 Å². The van der Waals surface area contributed by atoms with E-state index in [2.05, 4.69) is 0 Å². The standard InChI is InChI=1S/C12H11NO3/c1-9-4-5-13(12(15)6-9)7-10-2-3-11(8-14)16-10/h2-6,8H,7H2,1H3. The van der Waals surface area contributed by atoms with E-state index in [1.807, 2.05) is 13.0 Å². The monoisotopic (exact) mass is 217 g/mol. The summed E-state index contributed by atoms with van der Waals surface area (Å²) in [4.78, 5) is 22.0. The van der Waals surface area contributed by atoms with Gasteiger partial charge in [-0.05, 0) is 30.7 Å². The van der Waals surface area contributed by atoms with E-state index in [1.165, 1.54) is 4.57 Å². The average Bonchev–Trinajstić information content (AvgIpc) is 2.70. The Kier molecular flexibility index (Phi) is 2.72. The number of rotatable bonds is 3. The highest BCUT2D eigenvalue weighted by Crippen LogP contribution is 2.06. The van der Waals surface area contributed by atoms with Gasteiger partial charge in [0.05, 0.1) is 6.54 Å². The van der Waals surface area contributed by atoms with E-state index in [0.717, 1.165) is 5.56 Å². The van der Waals surface area contributed by atoms with E-state index in [9.17, 15) is 9.59 Å². The summed E-state index contributed by atoms with van der Waals surface area (Å²) in [6.07, 6.45) is 2.35. The molecule has 0 radical (unpaired) electrons. The van der Waals surface area contributed by atoms with Crippen LogP contribution in [-0.2, 0) is 6.54 Å². The molecule has 2 aromatic rings. The number of furan rings is 1. The number of hydrogen-bond donors (Lipinski definition) is 0. The minimum absolute atomic E-state index is 0.0796. The van der Waals surface area contributed by atoms with Gasteiger partial charge in [-0.2, -0.15) is 0 Å². The van der Waals surface area contributed by atoms with E-state index in [-0.39, 0.29) is 11.3 Å². The normalized spacial score (nSPS) is 10.3. The SMILES string of the molecule is Cc1ccn(Cc2ccc(C=O)o2)c(=O)c1. The molecule has 82 valence electrons. The first kappa shape index (κ1) is 10.4. The van der Waals surface area contributed by atoms with Crippen molar-refractivity contribution in [2.75, 3.05) is 0 Å². The second-order valence-corrected chi connectivity index (χ2v) is 3.59. The highest BCUT2D eigenvalue weighted by Gasteiger charge is 2.03. The molecule has 0 aromatic carbocycles.